The zero-order valence-corrected chi connectivity index (χ0v) is 35.6. The summed E-state index contributed by atoms with van der Waals surface area (Å²) in [5.41, 5.74) is 11.7. The molecule has 1 aromatic heterocycles. The number of rotatable bonds is 6. The molecule has 2 unspecified atom stereocenters. The number of fused-ring (bicyclic) bond motifs is 6. The van der Waals surface area contributed by atoms with Crippen molar-refractivity contribution >= 4 is 88.4 Å². The number of hydrogen-bond acceptors (Lipinski definition) is 4. The van der Waals surface area contributed by atoms with Crippen molar-refractivity contribution in [3.8, 4) is 5.75 Å². The molecule has 1 aliphatic heterocycles. The lowest BCUT2D eigenvalue weighted by molar-refractivity contribution is 0.269. The lowest BCUT2D eigenvalue weighted by Gasteiger charge is -2.37. The maximum Gasteiger partial charge on any atom is 0.159 e. The van der Waals surface area contributed by atoms with Crippen LogP contribution in [-0.2, 0) is 11.8 Å². The Morgan fingerprint density at radius 2 is 1.25 bits per heavy atom. The van der Waals surface area contributed by atoms with Gasteiger partial charge in [0.25, 0.3) is 0 Å². The van der Waals surface area contributed by atoms with Crippen LogP contribution < -0.4 is 14.5 Å². The molecule has 0 fully saturated rings. The molecule has 4 nitrogen and oxygen atoms in total. The van der Waals surface area contributed by atoms with Crippen LogP contribution in [0.3, 0.4) is 0 Å². The van der Waals surface area contributed by atoms with Gasteiger partial charge in [-0.1, -0.05) is 86.7 Å². The van der Waals surface area contributed by atoms with E-state index in [9.17, 15) is 8.78 Å². The second kappa shape index (κ2) is 13.5. The maximum absolute atomic E-state index is 14.8. The maximum atomic E-state index is 14.8. The van der Waals surface area contributed by atoms with E-state index in [1.54, 1.807) is 12.1 Å². The summed E-state index contributed by atoms with van der Waals surface area (Å²) in [6, 6.07) is 46.1. The van der Waals surface area contributed by atoms with Gasteiger partial charge in [0, 0.05) is 49.8 Å². The predicted molar refractivity (Wildman–Crippen MR) is 258 cm³/mol. The van der Waals surface area contributed by atoms with Crippen LogP contribution in [0.25, 0.3) is 54.3 Å². The molecule has 310 valence electrons. The Hall–Kier alpha value is -7.44. The summed E-state index contributed by atoms with van der Waals surface area (Å²) in [5, 5.41) is 9.11. The Labute approximate surface area is 369 Å². The smallest absolute Gasteiger partial charge is 0.159 e. The minimum Gasteiger partial charge on any atom is -0.483 e. The topological polar surface area (TPSA) is 28.9 Å². The van der Waals surface area contributed by atoms with Crippen LogP contribution >= 0.6 is 0 Å². The van der Waals surface area contributed by atoms with Crippen molar-refractivity contribution in [2.75, 3.05) is 9.80 Å². The Morgan fingerprint density at radius 3 is 2.05 bits per heavy atom. The molecule has 9 aromatic carbocycles. The van der Waals surface area contributed by atoms with Gasteiger partial charge in [0.15, 0.2) is 5.58 Å². The first kappa shape index (κ1) is 37.1. The monoisotopic (exact) mass is 836 g/mol. The quantitative estimate of drug-likeness (QED) is 0.156. The van der Waals surface area contributed by atoms with Gasteiger partial charge in [0.2, 0.25) is 0 Å². The predicted octanol–water partition coefficient (Wildman–Crippen LogP) is 16.2. The molecule has 64 heavy (non-hydrogen) atoms. The number of furan rings is 1. The van der Waals surface area contributed by atoms with Crippen molar-refractivity contribution in [1.82, 2.24) is 0 Å². The van der Waals surface area contributed by atoms with Crippen molar-refractivity contribution < 1.29 is 17.9 Å². The molecular weight excluding hydrogens is 795 g/mol. The van der Waals surface area contributed by atoms with Crippen LogP contribution in [0.2, 0.25) is 0 Å². The molecule has 0 amide bonds. The van der Waals surface area contributed by atoms with Gasteiger partial charge in [-0.15, -0.1) is 0 Å². The number of ether oxygens (including phenoxy) is 1. The highest BCUT2D eigenvalue weighted by atomic mass is 19.1. The fourth-order valence-electron chi connectivity index (χ4n) is 11.1. The van der Waals surface area contributed by atoms with E-state index < -0.39 is 0 Å². The third-order valence-corrected chi connectivity index (χ3v) is 14.2. The summed E-state index contributed by atoms with van der Waals surface area (Å²) in [5.74, 6) is 0.358. The third kappa shape index (κ3) is 5.32. The summed E-state index contributed by atoms with van der Waals surface area (Å²) in [4.78, 5) is 4.54. The second-order valence-corrected chi connectivity index (χ2v) is 18.4. The van der Waals surface area contributed by atoms with Crippen molar-refractivity contribution in [2.45, 2.75) is 51.0 Å². The summed E-state index contributed by atoms with van der Waals surface area (Å²) >= 11 is 0. The van der Waals surface area contributed by atoms with E-state index >= 15 is 0 Å². The van der Waals surface area contributed by atoms with E-state index in [2.05, 4.69) is 128 Å². The summed E-state index contributed by atoms with van der Waals surface area (Å²) < 4.78 is 43.2. The number of anilines is 6. The number of aryl methyl sites for hydroxylation is 2. The third-order valence-electron chi connectivity index (χ3n) is 14.2. The zero-order chi connectivity index (χ0) is 43.0. The normalized spacial score (nSPS) is 17.1. The van der Waals surface area contributed by atoms with E-state index in [-0.39, 0.29) is 29.1 Å². The van der Waals surface area contributed by atoms with Crippen LogP contribution in [0.15, 0.2) is 168 Å². The van der Waals surface area contributed by atoms with Gasteiger partial charge in [0.1, 0.15) is 29.1 Å². The summed E-state index contributed by atoms with van der Waals surface area (Å²) in [6.45, 7) is 6.93. The van der Waals surface area contributed by atoms with E-state index in [1.165, 1.54) is 44.8 Å². The Bertz CT molecular complexity index is 3620. The van der Waals surface area contributed by atoms with Gasteiger partial charge in [0.05, 0.1) is 22.7 Å². The molecule has 2 heterocycles. The molecule has 0 bridgehead atoms. The van der Waals surface area contributed by atoms with Crippen molar-refractivity contribution in [2.24, 2.45) is 0 Å². The molecule has 0 radical (unpaired) electrons. The van der Waals surface area contributed by atoms with Crippen molar-refractivity contribution in [3.63, 3.8) is 0 Å². The molecule has 0 saturated heterocycles. The minimum atomic E-state index is -0.294. The highest BCUT2D eigenvalue weighted by molar-refractivity contribution is 6.30. The lowest BCUT2D eigenvalue weighted by atomic mass is 9.70. The first-order valence-electron chi connectivity index (χ1n) is 22.2. The van der Waals surface area contributed by atoms with E-state index in [0.29, 0.717) is 0 Å². The van der Waals surface area contributed by atoms with Gasteiger partial charge in [-0.2, -0.15) is 0 Å². The number of benzene rings is 9. The van der Waals surface area contributed by atoms with Gasteiger partial charge in [-0.3, -0.25) is 0 Å². The molecule has 2 atom stereocenters. The molecule has 3 aliphatic rings. The molecule has 0 spiro atoms. The van der Waals surface area contributed by atoms with E-state index in [1.807, 2.05) is 42.5 Å². The van der Waals surface area contributed by atoms with Crippen molar-refractivity contribution in [1.29, 1.82) is 0 Å². The second-order valence-electron chi connectivity index (χ2n) is 18.4. The van der Waals surface area contributed by atoms with Crippen LogP contribution in [0, 0.1) is 18.6 Å². The van der Waals surface area contributed by atoms with E-state index in [0.717, 1.165) is 96.6 Å². The largest absolute Gasteiger partial charge is 0.483 e. The first-order valence-corrected chi connectivity index (χ1v) is 22.2. The minimum absolute atomic E-state index is 0.101. The Kier molecular flexibility index (Phi) is 7.85. The Balaban J connectivity index is 1.14. The standard InChI is InChI=1S/C58H42F2N2O2/c1-33-30-49(61(37-22-18-35(59)19-23-37)47-14-8-12-42-40-10-4-6-16-51(40)63-56(42)47)45-32-46-53-34(28-29-58(46,2)3)31-50(44-27-26-39(33)54(45)55(44)53)62(38-24-20-36(60)21-25-38)48-15-9-13-43-41-11-5-7-17-52(41)64-57(43)48/h4-27,30-32,40,51H,28-29H2,1-3H3. The number of hydrogen-bond donors (Lipinski definition) is 0. The van der Waals surface area contributed by atoms with Crippen LogP contribution in [0.4, 0.5) is 42.9 Å². The van der Waals surface area contributed by atoms with Gasteiger partial charge in [-0.25, -0.2) is 8.78 Å². The highest BCUT2D eigenvalue weighted by Gasteiger charge is 2.37. The SMILES string of the molecule is Cc1cc(N(c2ccc(F)cc2)c2cccc3c2OC2C=CC=CC32)c2cc3c4c(cc(N(c5ccc(F)cc5)c5cccc6c5oc5ccccc56)c5ccc1c2c54)CCC3(C)C. The molecule has 13 rings (SSSR count). The van der Waals surface area contributed by atoms with E-state index in [4.69, 9.17) is 9.15 Å². The molecule has 10 aromatic rings. The van der Waals surface area contributed by atoms with Gasteiger partial charge < -0.3 is 19.0 Å². The number of allylic oxidation sites excluding steroid dienone is 2. The van der Waals surface area contributed by atoms with Gasteiger partial charge in [-0.05, 0) is 149 Å². The van der Waals surface area contributed by atoms with Crippen LogP contribution in [0.1, 0.15) is 48.4 Å². The Morgan fingerprint density at radius 1 is 0.578 bits per heavy atom. The number of para-hydroxylation sites is 3. The molecule has 2 aliphatic carbocycles. The van der Waals surface area contributed by atoms with Crippen LogP contribution in [0.5, 0.6) is 5.75 Å². The number of nitrogens with zero attached hydrogens (tertiary/aromatic N) is 2. The fraction of sp³-hybridized carbons (Fsp3) is 0.138. The molecule has 0 saturated carbocycles. The highest BCUT2D eigenvalue weighted by Crippen LogP contribution is 2.56. The van der Waals surface area contributed by atoms with Crippen LogP contribution in [-0.4, -0.2) is 6.10 Å². The molecule has 0 N–H and O–H groups in total. The summed E-state index contributed by atoms with van der Waals surface area (Å²) in [7, 11) is 0. The zero-order valence-electron chi connectivity index (χ0n) is 35.6. The average molecular weight is 837 g/mol. The lowest BCUT2D eigenvalue weighted by Crippen LogP contribution is -2.24. The molecule has 6 heteroatoms. The molecular formula is C58H42F2N2O2. The summed E-state index contributed by atoms with van der Waals surface area (Å²) in [6.07, 6.45) is 10.3. The van der Waals surface area contributed by atoms with Crippen molar-refractivity contribution in [3.05, 3.63) is 198 Å². The average Bonchev–Trinajstić information content (AvgIpc) is 3.89. The fourth-order valence-corrected chi connectivity index (χ4v) is 11.1. The first-order chi connectivity index (χ1) is 31.2. The number of halogens is 2. The van der Waals surface area contributed by atoms with Gasteiger partial charge >= 0.3 is 0 Å².